The summed E-state index contributed by atoms with van der Waals surface area (Å²) in [5.74, 6) is 1.28. The van der Waals surface area contributed by atoms with E-state index in [4.69, 9.17) is 5.73 Å². The zero-order chi connectivity index (χ0) is 12.5. The van der Waals surface area contributed by atoms with Crippen molar-refractivity contribution in [3.8, 4) is 0 Å². The maximum absolute atomic E-state index is 5.60. The van der Waals surface area contributed by atoms with Crippen LogP contribution in [0.2, 0.25) is 0 Å². The monoisotopic (exact) mass is 281 g/mol. The maximum atomic E-state index is 5.60. The van der Waals surface area contributed by atoms with Gasteiger partial charge in [0.15, 0.2) is 0 Å². The molecule has 7 heteroatoms. The Hall–Kier alpha value is -1.08. The molecule has 1 fully saturated rings. The van der Waals surface area contributed by atoms with E-state index < -0.39 is 0 Å². The largest absolute Gasteiger partial charge is 0.374 e. The summed E-state index contributed by atoms with van der Waals surface area (Å²) in [6, 6.07) is 0. The van der Waals surface area contributed by atoms with Gasteiger partial charge in [0.1, 0.15) is 15.0 Å². The quantitative estimate of drug-likeness (QED) is 0.934. The molecule has 5 nitrogen and oxygen atoms in total. The molecule has 1 aliphatic carbocycles. The van der Waals surface area contributed by atoms with Crippen LogP contribution in [-0.4, -0.2) is 20.4 Å². The summed E-state index contributed by atoms with van der Waals surface area (Å²) < 4.78 is 0. The van der Waals surface area contributed by atoms with Crippen LogP contribution in [0.1, 0.15) is 40.2 Å². The molecule has 0 saturated heterocycles. The lowest BCUT2D eigenvalue weighted by molar-refractivity contribution is 0.531. The number of nitrogens with zero attached hydrogens (tertiary/aromatic N) is 4. The average molecular weight is 281 g/mol. The van der Waals surface area contributed by atoms with E-state index in [1.165, 1.54) is 35.6 Å². The molecule has 2 atom stereocenters. The van der Waals surface area contributed by atoms with Crippen LogP contribution < -0.4 is 5.73 Å². The van der Waals surface area contributed by atoms with Crippen molar-refractivity contribution in [2.45, 2.75) is 38.5 Å². The van der Waals surface area contributed by atoms with Gasteiger partial charge in [0.25, 0.3) is 0 Å². The number of nitrogens with two attached hydrogens (primary N) is 1. The molecule has 0 radical (unpaired) electrons. The zero-order valence-electron chi connectivity index (χ0n) is 10.2. The fourth-order valence-corrected chi connectivity index (χ4v) is 4.13. The first-order chi connectivity index (χ1) is 8.70. The summed E-state index contributed by atoms with van der Waals surface area (Å²) in [4.78, 5) is 0. The lowest BCUT2D eigenvalue weighted by Crippen LogP contribution is -2.00. The lowest BCUT2D eigenvalue weighted by Gasteiger charge is -2.06. The molecular formula is C11H15N5S2. The topological polar surface area (TPSA) is 77.6 Å². The Bertz CT molecular complexity index is 535. The second-order valence-corrected chi connectivity index (χ2v) is 7.08. The van der Waals surface area contributed by atoms with Crippen molar-refractivity contribution in [3.05, 3.63) is 15.0 Å². The summed E-state index contributed by atoms with van der Waals surface area (Å²) in [6.07, 6.45) is 4.65. The van der Waals surface area contributed by atoms with E-state index in [-0.39, 0.29) is 0 Å². The number of nitrogen functional groups attached to an aromatic ring is 1. The second-order valence-electron chi connectivity index (χ2n) is 4.77. The van der Waals surface area contributed by atoms with Gasteiger partial charge in [-0.2, -0.15) is 0 Å². The van der Waals surface area contributed by atoms with E-state index in [2.05, 4.69) is 20.4 Å². The molecule has 2 heterocycles. The molecule has 0 bridgehead atoms. The highest BCUT2D eigenvalue weighted by atomic mass is 32.1. The van der Waals surface area contributed by atoms with Crippen molar-refractivity contribution in [1.29, 1.82) is 0 Å². The average Bonchev–Trinajstić information content (AvgIpc) is 3.01. The third kappa shape index (κ3) is 2.51. The third-order valence-corrected chi connectivity index (χ3v) is 5.15. The van der Waals surface area contributed by atoms with Gasteiger partial charge in [-0.3, -0.25) is 0 Å². The smallest absolute Gasteiger partial charge is 0.203 e. The number of aromatic nitrogens is 4. The highest BCUT2D eigenvalue weighted by Crippen LogP contribution is 2.40. The molecule has 0 spiro atoms. The Morgan fingerprint density at radius 3 is 2.72 bits per heavy atom. The minimum Gasteiger partial charge on any atom is -0.374 e. The van der Waals surface area contributed by atoms with Crippen LogP contribution in [0.5, 0.6) is 0 Å². The fraction of sp³-hybridized carbons (Fsp3) is 0.636. The maximum Gasteiger partial charge on any atom is 0.203 e. The molecule has 18 heavy (non-hydrogen) atoms. The van der Waals surface area contributed by atoms with E-state index in [0.29, 0.717) is 17.0 Å². The van der Waals surface area contributed by atoms with Crippen LogP contribution in [0.4, 0.5) is 5.13 Å². The van der Waals surface area contributed by atoms with Gasteiger partial charge in [0.05, 0.1) is 0 Å². The van der Waals surface area contributed by atoms with E-state index in [1.807, 2.05) is 6.92 Å². The van der Waals surface area contributed by atoms with E-state index >= 15 is 0 Å². The van der Waals surface area contributed by atoms with Crippen molar-refractivity contribution in [1.82, 2.24) is 20.4 Å². The van der Waals surface area contributed by atoms with Crippen LogP contribution in [0.25, 0.3) is 0 Å². The highest BCUT2D eigenvalue weighted by Gasteiger charge is 2.29. The number of anilines is 1. The van der Waals surface area contributed by atoms with Crippen LogP contribution in [0.3, 0.4) is 0 Å². The van der Waals surface area contributed by atoms with E-state index in [1.54, 1.807) is 11.3 Å². The molecular weight excluding hydrogens is 266 g/mol. The number of hydrogen-bond acceptors (Lipinski definition) is 7. The highest BCUT2D eigenvalue weighted by molar-refractivity contribution is 7.15. The first kappa shape index (κ1) is 12.0. The Balaban J connectivity index is 1.61. The molecule has 1 aliphatic rings. The first-order valence-electron chi connectivity index (χ1n) is 6.08. The van der Waals surface area contributed by atoms with Crippen molar-refractivity contribution >= 4 is 27.8 Å². The van der Waals surface area contributed by atoms with Gasteiger partial charge >= 0.3 is 0 Å². The predicted octanol–water partition coefficient (Wildman–Crippen LogP) is 2.41. The predicted molar refractivity (Wildman–Crippen MR) is 72.8 cm³/mol. The van der Waals surface area contributed by atoms with Crippen LogP contribution in [0.15, 0.2) is 0 Å². The Morgan fingerprint density at radius 2 is 2.06 bits per heavy atom. The summed E-state index contributed by atoms with van der Waals surface area (Å²) >= 11 is 3.24. The molecule has 3 rings (SSSR count). The third-order valence-electron chi connectivity index (χ3n) is 3.38. The molecule has 1 saturated carbocycles. The molecule has 0 aliphatic heterocycles. The van der Waals surface area contributed by atoms with Crippen molar-refractivity contribution in [2.75, 3.05) is 5.73 Å². The number of rotatable bonds is 3. The lowest BCUT2D eigenvalue weighted by atomic mass is 10.0. The van der Waals surface area contributed by atoms with Gasteiger partial charge in [-0.15, -0.1) is 31.7 Å². The summed E-state index contributed by atoms with van der Waals surface area (Å²) in [6.45, 7) is 2.01. The standard InChI is InChI=1S/C11H15N5S2/c1-6-13-15-10(17-6)8-3-2-7(4-8)5-9-14-16-11(12)18-9/h7-8H,2-5H2,1H3,(H2,12,16). The summed E-state index contributed by atoms with van der Waals surface area (Å²) in [5.41, 5.74) is 5.60. The van der Waals surface area contributed by atoms with E-state index in [0.717, 1.165) is 16.4 Å². The second kappa shape index (κ2) is 4.89. The van der Waals surface area contributed by atoms with Gasteiger partial charge in [-0.25, -0.2) is 0 Å². The van der Waals surface area contributed by atoms with Crippen molar-refractivity contribution < 1.29 is 0 Å². The van der Waals surface area contributed by atoms with Crippen molar-refractivity contribution in [2.24, 2.45) is 5.92 Å². The van der Waals surface area contributed by atoms with E-state index in [9.17, 15) is 0 Å². The van der Waals surface area contributed by atoms with Crippen LogP contribution in [-0.2, 0) is 6.42 Å². The fourth-order valence-electron chi connectivity index (χ4n) is 2.56. The number of hydrogen-bond donors (Lipinski definition) is 1. The first-order valence-corrected chi connectivity index (χ1v) is 7.72. The van der Waals surface area contributed by atoms with Crippen LogP contribution in [0, 0.1) is 12.8 Å². The molecule has 0 amide bonds. The van der Waals surface area contributed by atoms with Gasteiger partial charge in [-0.05, 0) is 32.1 Å². The SMILES string of the molecule is Cc1nnc(C2CCC(Cc3nnc(N)s3)C2)s1. The van der Waals surface area contributed by atoms with Gasteiger partial charge < -0.3 is 5.73 Å². The minimum atomic E-state index is 0.569. The van der Waals surface area contributed by atoms with Crippen LogP contribution >= 0.6 is 22.7 Å². The Morgan fingerprint density at radius 1 is 1.17 bits per heavy atom. The molecule has 2 N–H and O–H groups in total. The molecule has 2 aromatic heterocycles. The normalized spacial score (nSPS) is 23.6. The van der Waals surface area contributed by atoms with Crippen molar-refractivity contribution in [3.63, 3.8) is 0 Å². The minimum absolute atomic E-state index is 0.569. The van der Waals surface area contributed by atoms with Gasteiger partial charge in [-0.1, -0.05) is 11.3 Å². The van der Waals surface area contributed by atoms with Gasteiger partial charge in [0.2, 0.25) is 5.13 Å². The molecule has 0 aromatic carbocycles. The summed E-state index contributed by atoms with van der Waals surface area (Å²) in [7, 11) is 0. The molecule has 2 aromatic rings. The van der Waals surface area contributed by atoms with Gasteiger partial charge in [0, 0.05) is 12.3 Å². The zero-order valence-corrected chi connectivity index (χ0v) is 11.8. The Kier molecular flexibility index (Phi) is 3.25. The number of aryl methyl sites for hydroxylation is 1. The molecule has 96 valence electrons. The Labute approximate surface area is 113 Å². The molecule has 2 unspecified atom stereocenters. The summed E-state index contributed by atoms with van der Waals surface area (Å²) in [5, 5.41) is 20.2.